The summed E-state index contributed by atoms with van der Waals surface area (Å²) in [5.41, 5.74) is 3.44. The van der Waals surface area contributed by atoms with Gasteiger partial charge in [0.1, 0.15) is 11.2 Å². The molecule has 8 heteroatoms. The van der Waals surface area contributed by atoms with Crippen molar-refractivity contribution in [3.8, 4) is 5.69 Å². The number of ether oxygens (including phenoxy) is 1. The molecule has 7 nitrogen and oxygen atoms in total. The fourth-order valence-corrected chi connectivity index (χ4v) is 5.65. The van der Waals surface area contributed by atoms with Crippen LogP contribution in [0.15, 0.2) is 48.8 Å². The van der Waals surface area contributed by atoms with Crippen molar-refractivity contribution in [2.45, 2.75) is 30.4 Å². The fraction of sp³-hybridized carbons (Fsp3) is 0.391. The van der Waals surface area contributed by atoms with E-state index < -0.39 is 0 Å². The highest BCUT2D eigenvalue weighted by Crippen LogP contribution is 2.50. The molecule has 0 aliphatic carbocycles. The highest BCUT2D eigenvalue weighted by atomic mass is 35.5. The van der Waals surface area contributed by atoms with Crippen LogP contribution < -0.4 is 5.32 Å². The first-order valence-electron chi connectivity index (χ1n) is 10.7. The number of rotatable bonds is 1. The number of hydrogen-bond donors (Lipinski definition) is 1. The van der Waals surface area contributed by atoms with Crippen LogP contribution in [0.25, 0.3) is 5.69 Å². The minimum atomic E-state index is -0.296. The zero-order chi connectivity index (χ0) is 21.2. The van der Waals surface area contributed by atoms with Crippen LogP contribution in [0.4, 0.5) is 5.69 Å². The Morgan fingerprint density at radius 2 is 2.06 bits per heavy atom. The molecule has 2 saturated heterocycles. The largest absolute Gasteiger partial charge is 0.372 e. The Morgan fingerprint density at radius 1 is 1.23 bits per heavy atom. The molecule has 0 unspecified atom stereocenters. The van der Waals surface area contributed by atoms with E-state index in [0.717, 1.165) is 30.6 Å². The number of aryl methyl sites for hydroxylation is 1. The highest BCUT2D eigenvalue weighted by Gasteiger charge is 2.54. The number of hydrogen-bond acceptors (Lipinski definition) is 4. The molecule has 2 aromatic heterocycles. The Kier molecular flexibility index (Phi) is 4.04. The summed E-state index contributed by atoms with van der Waals surface area (Å²) in [6, 6.07) is 12.0. The zero-order valence-electron chi connectivity index (χ0n) is 17.3. The van der Waals surface area contributed by atoms with E-state index in [9.17, 15) is 4.79 Å². The van der Waals surface area contributed by atoms with Crippen LogP contribution in [0.2, 0.25) is 5.02 Å². The third-order valence-corrected chi connectivity index (χ3v) is 7.32. The Bertz CT molecular complexity index is 1180. The predicted octanol–water partition coefficient (Wildman–Crippen LogP) is 3.58. The number of carbonyl (C=O) groups excluding carboxylic acids is 1. The minimum absolute atomic E-state index is 0.0378. The van der Waals surface area contributed by atoms with Crippen molar-refractivity contribution in [2.75, 3.05) is 25.0 Å². The molecule has 5 heterocycles. The van der Waals surface area contributed by atoms with Crippen molar-refractivity contribution < 1.29 is 9.53 Å². The van der Waals surface area contributed by atoms with E-state index in [2.05, 4.69) is 39.4 Å². The van der Waals surface area contributed by atoms with E-state index in [1.54, 1.807) is 24.0 Å². The summed E-state index contributed by atoms with van der Waals surface area (Å²) in [6.45, 7) is 1.96. The van der Waals surface area contributed by atoms with E-state index in [0.29, 0.717) is 30.4 Å². The number of halogens is 1. The standard InChI is InChI=1S/C23H24ClN5O2/c1-27-19(6-9-25-27)21(30)28-11-7-22(8-12-28)14-23(15-31-22)20-3-2-10-29(20)18-5-4-16(24)13-17(18)26-23/h2-6,9-10,13,26H,7-8,11-12,14-15H2,1H3/t23-/m1/s1. The molecule has 1 N–H and O–H groups in total. The van der Waals surface area contributed by atoms with Gasteiger partial charge in [0.05, 0.1) is 29.3 Å². The molecule has 0 radical (unpaired) electrons. The molecule has 3 aliphatic heterocycles. The maximum atomic E-state index is 12.9. The molecule has 31 heavy (non-hydrogen) atoms. The van der Waals surface area contributed by atoms with Gasteiger partial charge in [-0.3, -0.25) is 9.48 Å². The van der Waals surface area contributed by atoms with Crippen LogP contribution in [0.1, 0.15) is 35.4 Å². The summed E-state index contributed by atoms with van der Waals surface area (Å²) in [7, 11) is 1.80. The van der Waals surface area contributed by atoms with E-state index in [4.69, 9.17) is 16.3 Å². The molecular weight excluding hydrogens is 414 g/mol. The quantitative estimate of drug-likeness (QED) is 0.632. The van der Waals surface area contributed by atoms with Crippen LogP contribution >= 0.6 is 11.6 Å². The molecule has 2 spiro atoms. The summed E-state index contributed by atoms with van der Waals surface area (Å²) in [5.74, 6) is 0.0378. The van der Waals surface area contributed by atoms with Crippen LogP contribution in [0.3, 0.4) is 0 Å². The number of piperidine rings is 1. The van der Waals surface area contributed by atoms with E-state index >= 15 is 0 Å². The molecule has 1 atom stereocenters. The Labute approximate surface area is 185 Å². The molecule has 6 rings (SSSR count). The third kappa shape index (κ3) is 2.83. The van der Waals surface area contributed by atoms with Crippen molar-refractivity contribution in [1.82, 2.24) is 19.2 Å². The first kappa shape index (κ1) is 19.0. The normalized spacial score (nSPS) is 23.6. The van der Waals surface area contributed by atoms with Crippen molar-refractivity contribution in [1.29, 1.82) is 0 Å². The lowest BCUT2D eigenvalue weighted by molar-refractivity contribution is -0.0393. The third-order valence-electron chi connectivity index (χ3n) is 7.08. The van der Waals surface area contributed by atoms with Gasteiger partial charge in [0.15, 0.2) is 0 Å². The Balaban J connectivity index is 1.25. The van der Waals surface area contributed by atoms with Gasteiger partial charge in [-0.15, -0.1) is 0 Å². The van der Waals surface area contributed by atoms with Gasteiger partial charge in [0, 0.05) is 44.0 Å². The monoisotopic (exact) mass is 437 g/mol. The van der Waals surface area contributed by atoms with Gasteiger partial charge < -0.3 is 19.5 Å². The second-order valence-corrected chi connectivity index (χ2v) is 9.35. The molecule has 0 saturated carbocycles. The first-order valence-corrected chi connectivity index (χ1v) is 11.0. The molecule has 3 aromatic rings. The van der Waals surface area contributed by atoms with Crippen LogP contribution in [0.5, 0.6) is 0 Å². The van der Waals surface area contributed by atoms with E-state index in [-0.39, 0.29) is 17.0 Å². The van der Waals surface area contributed by atoms with Gasteiger partial charge in [-0.2, -0.15) is 5.10 Å². The number of nitrogens with one attached hydrogen (secondary N) is 1. The average Bonchev–Trinajstić information content (AvgIpc) is 3.49. The highest BCUT2D eigenvalue weighted by molar-refractivity contribution is 6.31. The summed E-state index contributed by atoms with van der Waals surface area (Å²) >= 11 is 6.29. The number of amides is 1. The van der Waals surface area contributed by atoms with Gasteiger partial charge in [-0.05, 0) is 49.2 Å². The Hall–Kier alpha value is -2.77. The lowest BCUT2D eigenvalue weighted by atomic mass is 9.79. The molecule has 1 aromatic carbocycles. The number of fused-ring (bicyclic) bond motifs is 4. The van der Waals surface area contributed by atoms with E-state index in [1.165, 1.54) is 5.69 Å². The minimum Gasteiger partial charge on any atom is -0.372 e. The summed E-state index contributed by atoms with van der Waals surface area (Å²) < 4.78 is 10.4. The predicted molar refractivity (Wildman–Crippen MR) is 118 cm³/mol. The molecule has 1 amide bonds. The second kappa shape index (κ2) is 6.61. The van der Waals surface area contributed by atoms with Gasteiger partial charge in [0.25, 0.3) is 5.91 Å². The molecule has 2 fully saturated rings. The average molecular weight is 438 g/mol. The van der Waals surface area contributed by atoms with Crippen LogP contribution in [-0.4, -0.2) is 50.5 Å². The number of benzene rings is 1. The molecular formula is C23H24ClN5O2. The molecule has 0 bridgehead atoms. The van der Waals surface area contributed by atoms with Gasteiger partial charge in [0.2, 0.25) is 0 Å². The number of likely N-dealkylation sites (tertiary alicyclic amines) is 1. The van der Waals surface area contributed by atoms with Crippen molar-refractivity contribution in [2.24, 2.45) is 7.05 Å². The first-order chi connectivity index (χ1) is 15.0. The zero-order valence-corrected chi connectivity index (χ0v) is 18.1. The van der Waals surface area contributed by atoms with Crippen molar-refractivity contribution in [3.63, 3.8) is 0 Å². The Morgan fingerprint density at radius 3 is 2.84 bits per heavy atom. The van der Waals surface area contributed by atoms with E-state index in [1.807, 2.05) is 17.0 Å². The van der Waals surface area contributed by atoms with Gasteiger partial charge in [-0.1, -0.05) is 11.6 Å². The van der Waals surface area contributed by atoms with Crippen molar-refractivity contribution >= 4 is 23.2 Å². The van der Waals surface area contributed by atoms with Crippen LogP contribution in [0, 0.1) is 0 Å². The maximum Gasteiger partial charge on any atom is 0.272 e. The lowest BCUT2D eigenvalue weighted by Gasteiger charge is -2.41. The topological polar surface area (TPSA) is 64.3 Å². The van der Waals surface area contributed by atoms with Gasteiger partial charge >= 0.3 is 0 Å². The fourth-order valence-electron chi connectivity index (χ4n) is 5.48. The smallest absolute Gasteiger partial charge is 0.272 e. The van der Waals surface area contributed by atoms with Gasteiger partial charge in [-0.25, -0.2) is 0 Å². The number of anilines is 1. The summed E-state index contributed by atoms with van der Waals surface area (Å²) in [5, 5.41) is 8.61. The summed E-state index contributed by atoms with van der Waals surface area (Å²) in [6.07, 6.45) is 6.28. The molecule has 160 valence electrons. The second-order valence-electron chi connectivity index (χ2n) is 8.91. The van der Waals surface area contributed by atoms with Crippen molar-refractivity contribution in [3.05, 3.63) is 65.2 Å². The SMILES string of the molecule is Cn1nccc1C(=O)N1CCC2(CC1)C[C@]1(CO2)Nc2cc(Cl)ccc2-n2cccc21. The molecule has 3 aliphatic rings. The number of nitrogens with zero attached hydrogens (tertiary/aromatic N) is 4. The summed E-state index contributed by atoms with van der Waals surface area (Å²) in [4.78, 5) is 14.8. The number of carbonyl (C=O) groups is 1. The number of aromatic nitrogens is 3. The van der Waals surface area contributed by atoms with Crippen LogP contribution in [-0.2, 0) is 17.3 Å². The maximum absolute atomic E-state index is 12.9. The lowest BCUT2D eigenvalue weighted by Crippen LogP contribution is -2.48.